The van der Waals surface area contributed by atoms with Crippen molar-refractivity contribution in [2.45, 2.75) is 13.5 Å². The second kappa shape index (κ2) is 6.51. The molecule has 0 fully saturated rings. The zero-order valence-corrected chi connectivity index (χ0v) is 11.4. The molecule has 2 N–H and O–H groups in total. The summed E-state index contributed by atoms with van der Waals surface area (Å²) in [5.41, 5.74) is 2.30. The third-order valence-electron chi connectivity index (χ3n) is 2.62. The number of carbonyl (C=O) groups is 1. The van der Waals surface area contributed by atoms with Crippen molar-refractivity contribution in [2.24, 2.45) is 0 Å². The van der Waals surface area contributed by atoms with Crippen LogP contribution in [0.3, 0.4) is 0 Å². The molecule has 1 aromatic heterocycles. The summed E-state index contributed by atoms with van der Waals surface area (Å²) in [5.74, 6) is 0.689. The summed E-state index contributed by atoms with van der Waals surface area (Å²) in [6, 6.07) is 8.68. The lowest BCUT2D eigenvalue weighted by Crippen LogP contribution is -2.28. The average molecular weight is 272 g/mol. The molecule has 1 heterocycles. The Balaban J connectivity index is 1.89. The number of anilines is 1. The molecule has 0 saturated carbocycles. The van der Waals surface area contributed by atoms with Crippen molar-refractivity contribution in [2.75, 3.05) is 12.4 Å². The molecule has 0 aliphatic carbocycles. The fourth-order valence-corrected chi connectivity index (χ4v) is 1.65. The molecule has 0 radical (unpaired) electrons. The predicted molar refractivity (Wildman–Crippen MR) is 75.6 cm³/mol. The van der Waals surface area contributed by atoms with E-state index in [1.807, 2.05) is 25.1 Å². The van der Waals surface area contributed by atoms with Gasteiger partial charge in [0.2, 0.25) is 0 Å². The Bertz CT molecular complexity index is 601. The first-order valence-electron chi connectivity index (χ1n) is 6.14. The van der Waals surface area contributed by atoms with Crippen molar-refractivity contribution in [1.29, 1.82) is 0 Å². The number of hydrogen-bond donors (Lipinski definition) is 2. The standard InChI is InChI=1S/C14H16N4O2/c1-10-6-12(17-9-16-10)8-15-14(19)18-11-4-3-5-13(7-11)20-2/h3-7,9H,8H2,1-2H3,(H2,15,18,19). The van der Waals surface area contributed by atoms with Gasteiger partial charge in [-0.3, -0.25) is 0 Å². The number of urea groups is 1. The topological polar surface area (TPSA) is 76.1 Å². The molecular formula is C14H16N4O2. The summed E-state index contributed by atoms with van der Waals surface area (Å²) in [7, 11) is 1.58. The molecule has 0 spiro atoms. The molecule has 2 amide bonds. The second-order valence-corrected chi connectivity index (χ2v) is 4.19. The van der Waals surface area contributed by atoms with E-state index in [1.54, 1.807) is 19.2 Å². The van der Waals surface area contributed by atoms with Gasteiger partial charge in [0.15, 0.2) is 0 Å². The van der Waals surface area contributed by atoms with Gasteiger partial charge in [-0.05, 0) is 25.1 Å². The molecule has 0 unspecified atom stereocenters. The largest absolute Gasteiger partial charge is 0.497 e. The number of methoxy groups -OCH3 is 1. The fourth-order valence-electron chi connectivity index (χ4n) is 1.65. The van der Waals surface area contributed by atoms with E-state index in [0.717, 1.165) is 11.4 Å². The lowest BCUT2D eigenvalue weighted by atomic mass is 10.3. The van der Waals surface area contributed by atoms with Crippen LogP contribution in [0.25, 0.3) is 0 Å². The van der Waals surface area contributed by atoms with E-state index >= 15 is 0 Å². The maximum atomic E-state index is 11.8. The fraction of sp³-hybridized carbons (Fsp3) is 0.214. The van der Waals surface area contributed by atoms with Gasteiger partial charge in [-0.15, -0.1) is 0 Å². The molecule has 0 aliphatic heterocycles. The number of hydrogen-bond acceptors (Lipinski definition) is 4. The lowest BCUT2D eigenvalue weighted by molar-refractivity contribution is 0.251. The maximum absolute atomic E-state index is 11.8. The molecular weight excluding hydrogens is 256 g/mol. The van der Waals surface area contributed by atoms with Crippen molar-refractivity contribution < 1.29 is 9.53 Å². The Hall–Kier alpha value is -2.63. The number of aryl methyl sites for hydroxylation is 1. The van der Waals surface area contributed by atoms with Gasteiger partial charge >= 0.3 is 6.03 Å². The van der Waals surface area contributed by atoms with Crippen molar-refractivity contribution in [1.82, 2.24) is 15.3 Å². The van der Waals surface area contributed by atoms with Crippen LogP contribution in [0, 0.1) is 6.92 Å². The van der Waals surface area contributed by atoms with E-state index in [9.17, 15) is 4.79 Å². The van der Waals surface area contributed by atoms with Crippen molar-refractivity contribution in [3.05, 3.63) is 48.0 Å². The first kappa shape index (κ1) is 13.8. The highest BCUT2D eigenvalue weighted by molar-refractivity contribution is 5.89. The molecule has 2 rings (SSSR count). The smallest absolute Gasteiger partial charge is 0.319 e. The zero-order valence-electron chi connectivity index (χ0n) is 11.4. The molecule has 1 aromatic carbocycles. The Morgan fingerprint density at radius 3 is 2.90 bits per heavy atom. The zero-order chi connectivity index (χ0) is 14.4. The summed E-state index contributed by atoms with van der Waals surface area (Å²) in [6.45, 7) is 2.22. The van der Waals surface area contributed by atoms with Gasteiger partial charge in [-0.25, -0.2) is 14.8 Å². The maximum Gasteiger partial charge on any atom is 0.319 e. The monoisotopic (exact) mass is 272 g/mol. The van der Waals surface area contributed by atoms with Crippen LogP contribution in [0.5, 0.6) is 5.75 Å². The summed E-state index contributed by atoms with van der Waals surface area (Å²) >= 11 is 0. The minimum Gasteiger partial charge on any atom is -0.497 e. The third kappa shape index (κ3) is 3.94. The lowest BCUT2D eigenvalue weighted by Gasteiger charge is -2.08. The summed E-state index contributed by atoms with van der Waals surface area (Å²) in [5, 5.41) is 5.46. The summed E-state index contributed by atoms with van der Waals surface area (Å²) in [4.78, 5) is 19.8. The van der Waals surface area contributed by atoms with Gasteiger partial charge in [-0.2, -0.15) is 0 Å². The molecule has 0 saturated heterocycles. The van der Waals surface area contributed by atoms with Crippen LogP contribution < -0.4 is 15.4 Å². The van der Waals surface area contributed by atoms with Gasteiger partial charge in [0.25, 0.3) is 0 Å². The molecule has 0 atom stereocenters. The number of nitrogens with zero attached hydrogens (tertiary/aromatic N) is 2. The predicted octanol–water partition coefficient (Wildman–Crippen LogP) is 2.12. The third-order valence-corrected chi connectivity index (χ3v) is 2.62. The first-order chi connectivity index (χ1) is 9.67. The van der Waals surface area contributed by atoms with E-state index in [-0.39, 0.29) is 6.03 Å². The van der Waals surface area contributed by atoms with E-state index in [0.29, 0.717) is 18.0 Å². The van der Waals surface area contributed by atoms with E-state index < -0.39 is 0 Å². The Morgan fingerprint density at radius 1 is 1.30 bits per heavy atom. The minimum atomic E-state index is -0.297. The normalized spacial score (nSPS) is 9.90. The summed E-state index contributed by atoms with van der Waals surface area (Å²) in [6.07, 6.45) is 1.48. The highest BCUT2D eigenvalue weighted by Gasteiger charge is 2.03. The molecule has 0 aliphatic rings. The highest BCUT2D eigenvalue weighted by atomic mass is 16.5. The number of nitrogens with one attached hydrogen (secondary N) is 2. The number of benzene rings is 1. The van der Waals surface area contributed by atoms with Crippen LogP contribution >= 0.6 is 0 Å². The van der Waals surface area contributed by atoms with Crippen molar-refractivity contribution >= 4 is 11.7 Å². The van der Waals surface area contributed by atoms with Gasteiger partial charge in [0.1, 0.15) is 12.1 Å². The second-order valence-electron chi connectivity index (χ2n) is 4.19. The molecule has 2 aromatic rings. The molecule has 6 heteroatoms. The Kier molecular flexibility index (Phi) is 4.49. The molecule has 0 bridgehead atoms. The van der Waals surface area contributed by atoms with Gasteiger partial charge in [0.05, 0.1) is 19.3 Å². The average Bonchev–Trinajstić information content (AvgIpc) is 2.45. The van der Waals surface area contributed by atoms with Crippen LogP contribution in [-0.2, 0) is 6.54 Å². The van der Waals surface area contributed by atoms with Gasteiger partial charge in [0, 0.05) is 17.4 Å². The number of amides is 2. The van der Waals surface area contributed by atoms with E-state index in [1.165, 1.54) is 6.33 Å². The van der Waals surface area contributed by atoms with E-state index in [4.69, 9.17) is 4.74 Å². The van der Waals surface area contributed by atoms with Crippen LogP contribution in [0.15, 0.2) is 36.7 Å². The van der Waals surface area contributed by atoms with Crippen LogP contribution in [0.4, 0.5) is 10.5 Å². The number of carbonyl (C=O) groups excluding carboxylic acids is 1. The van der Waals surface area contributed by atoms with Gasteiger partial charge in [-0.1, -0.05) is 6.07 Å². The minimum absolute atomic E-state index is 0.297. The number of ether oxygens (including phenoxy) is 1. The highest BCUT2D eigenvalue weighted by Crippen LogP contribution is 2.16. The Morgan fingerprint density at radius 2 is 2.15 bits per heavy atom. The molecule has 20 heavy (non-hydrogen) atoms. The number of rotatable bonds is 4. The van der Waals surface area contributed by atoms with E-state index in [2.05, 4.69) is 20.6 Å². The molecule has 6 nitrogen and oxygen atoms in total. The summed E-state index contributed by atoms with van der Waals surface area (Å²) < 4.78 is 5.09. The van der Waals surface area contributed by atoms with Gasteiger partial charge < -0.3 is 15.4 Å². The van der Waals surface area contributed by atoms with Crippen LogP contribution in [-0.4, -0.2) is 23.1 Å². The first-order valence-corrected chi connectivity index (χ1v) is 6.14. The SMILES string of the molecule is COc1cccc(NC(=O)NCc2cc(C)ncn2)c1. The number of aromatic nitrogens is 2. The van der Waals surface area contributed by atoms with Crippen LogP contribution in [0.1, 0.15) is 11.4 Å². The van der Waals surface area contributed by atoms with Crippen molar-refractivity contribution in [3.8, 4) is 5.75 Å². The quantitative estimate of drug-likeness (QED) is 0.893. The van der Waals surface area contributed by atoms with Crippen LogP contribution in [0.2, 0.25) is 0 Å². The Labute approximate surface area is 117 Å². The molecule has 104 valence electrons. The van der Waals surface area contributed by atoms with Crippen molar-refractivity contribution in [3.63, 3.8) is 0 Å².